The number of amides is 2. The number of carbonyl (C=O) groups is 2. The number of thiocarbonyl (C=S) groups is 1. The van der Waals surface area contributed by atoms with Crippen LogP contribution in [0.4, 0.5) is 18.9 Å². The van der Waals surface area contributed by atoms with E-state index in [-0.39, 0.29) is 10.0 Å². The van der Waals surface area contributed by atoms with Crippen molar-refractivity contribution in [2.45, 2.75) is 13.1 Å². The topological polar surface area (TPSA) is 49.4 Å². The number of aryl methyl sites for hydroxylation is 1. The fraction of sp³-hybridized carbons (Fsp3) is 0.150. The first-order valence-electron chi connectivity index (χ1n) is 8.43. The van der Waals surface area contributed by atoms with Crippen LogP contribution in [0.3, 0.4) is 0 Å². The number of rotatable bonds is 4. The Morgan fingerprint density at radius 1 is 1.17 bits per heavy atom. The molecule has 4 nitrogen and oxygen atoms in total. The Balaban J connectivity index is 1.72. The van der Waals surface area contributed by atoms with Crippen LogP contribution in [-0.4, -0.2) is 27.6 Å². The first-order chi connectivity index (χ1) is 13.6. The maximum absolute atomic E-state index is 13.1. The van der Waals surface area contributed by atoms with E-state index in [0.29, 0.717) is 4.91 Å². The Morgan fingerprint density at radius 3 is 2.48 bits per heavy atom. The van der Waals surface area contributed by atoms with Gasteiger partial charge in [0.1, 0.15) is 10.9 Å². The number of carbonyl (C=O) groups excluding carboxylic acids is 2. The number of benzene rings is 2. The van der Waals surface area contributed by atoms with E-state index >= 15 is 0 Å². The van der Waals surface area contributed by atoms with Crippen molar-refractivity contribution in [1.82, 2.24) is 4.90 Å². The molecule has 0 saturated carbocycles. The normalized spacial score (nSPS) is 15.9. The fourth-order valence-corrected chi connectivity index (χ4v) is 3.88. The van der Waals surface area contributed by atoms with Gasteiger partial charge in [-0.25, -0.2) is 0 Å². The molecule has 1 heterocycles. The molecular weight excluding hydrogens is 421 g/mol. The van der Waals surface area contributed by atoms with Gasteiger partial charge in [-0.2, -0.15) is 13.2 Å². The lowest BCUT2D eigenvalue weighted by Gasteiger charge is -2.16. The summed E-state index contributed by atoms with van der Waals surface area (Å²) in [7, 11) is 0. The van der Waals surface area contributed by atoms with Crippen molar-refractivity contribution >= 4 is 51.9 Å². The van der Waals surface area contributed by atoms with Crippen LogP contribution < -0.4 is 5.32 Å². The summed E-state index contributed by atoms with van der Waals surface area (Å²) >= 11 is 6.21. The molecule has 1 aliphatic heterocycles. The van der Waals surface area contributed by atoms with E-state index in [4.69, 9.17) is 12.2 Å². The van der Waals surface area contributed by atoms with Gasteiger partial charge in [-0.05, 0) is 30.7 Å². The summed E-state index contributed by atoms with van der Waals surface area (Å²) in [4.78, 5) is 26.3. The molecule has 2 amide bonds. The molecule has 3 rings (SSSR count). The summed E-state index contributed by atoms with van der Waals surface area (Å²) in [5.41, 5.74) is 0.550. The Morgan fingerprint density at radius 2 is 1.83 bits per heavy atom. The Kier molecular flexibility index (Phi) is 6.09. The molecule has 150 valence electrons. The number of nitrogens with one attached hydrogen (secondary N) is 1. The van der Waals surface area contributed by atoms with Gasteiger partial charge in [0.15, 0.2) is 0 Å². The van der Waals surface area contributed by atoms with E-state index in [1.165, 1.54) is 12.1 Å². The van der Waals surface area contributed by atoms with E-state index < -0.39 is 30.1 Å². The van der Waals surface area contributed by atoms with Gasteiger partial charge in [0.25, 0.3) is 5.91 Å². The summed E-state index contributed by atoms with van der Waals surface area (Å²) in [6.45, 7) is 1.47. The van der Waals surface area contributed by atoms with Gasteiger partial charge in [-0.3, -0.25) is 14.5 Å². The minimum Gasteiger partial charge on any atom is -0.324 e. The van der Waals surface area contributed by atoms with Gasteiger partial charge in [-0.1, -0.05) is 65.9 Å². The van der Waals surface area contributed by atoms with Crippen molar-refractivity contribution in [3.63, 3.8) is 0 Å². The second-order valence-corrected chi connectivity index (χ2v) is 7.95. The van der Waals surface area contributed by atoms with Gasteiger partial charge in [0.2, 0.25) is 5.91 Å². The molecule has 2 aromatic rings. The van der Waals surface area contributed by atoms with Crippen LogP contribution in [0.25, 0.3) is 6.08 Å². The fourth-order valence-electron chi connectivity index (χ4n) is 2.62. The highest BCUT2D eigenvalue weighted by Gasteiger charge is 2.35. The zero-order valence-electron chi connectivity index (χ0n) is 15.1. The highest BCUT2D eigenvalue weighted by Crippen LogP contribution is 2.35. The molecule has 0 radical (unpaired) electrons. The molecule has 29 heavy (non-hydrogen) atoms. The molecular formula is C20H15F3N2O2S2. The number of thioether (sulfide) groups is 1. The number of hydrogen-bond donors (Lipinski definition) is 1. The lowest BCUT2D eigenvalue weighted by atomic mass is 10.1. The SMILES string of the molecule is Cc1ccc(/C=C2\SC(=S)N(CC(=O)Nc3ccccc3C(F)(F)F)C2=O)cc1. The molecule has 0 atom stereocenters. The second kappa shape index (κ2) is 8.38. The number of alkyl halides is 3. The molecule has 1 aliphatic rings. The van der Waals surface area contributed by atoms with Gasteiger partial charge < -0.3 is 5.32 Å². The van der Waals surface area contributed by atoms with Crippen LogP contribution in [-0.2, 0) is 15.8 Å². The molecule has 1 saturated heterocycles. The first-order valence-corrected chi connectivity index (χ1v) is 9.66. The van der Waals surface area contributed by atoms with Gasteiger partial charge in [0, 0.05) is 0 Å². The Labute approximate surface area is 174 Å². The molecule has 0 spiro atoms. The molecule has 2 aromatic carbocycles. The highest BCUT2D eigenvalue weighted by molar-refractivity contribution is 8.26. The van der Waals surface area contributed by atoms with Gasteiger partial charge in [0.05, 0.1) is 16.2 Å². The van der Waals surface area contributed by atoms with E-state index in [1.54, 1.807) is 6.08 Å². The van der Waals surface area contributed by atoms with Crippen LogP contribution in [0.1, 0.15) is 16.7 Å². The summed E-state index contributed by atoms with van der Waals surface area (Å²) < 4.78 is 39.4. The molecule has 0 aliphatic carbocycles. The molecule has 0 unspecified atom stereocenters. The van der Waals surface area contributed by atoms with Crippen LogP contribution in [0.5, 0.6) is 0 Å². The predicted molar refractivity (Wildman–Crippen MR) is 111 cm³/mol. The molecule has 0 aromatic heterocycles. The van der Waals surface area contributed by atoms with Crippen LogP contribution in [0, 0.1) is 6.92 Å². The number of nitrogens with zero attached hydrogens (tertiary/aromatic N) is 1. The average Bonchev–Trinajstić information content (AvgIpc) is 2.90. The summed E-state index contributed by atoms with van der Waals surface area (Å²) in [6.07, 6.45) is -2.95. The highest BCUT2D eigenvalue weighted by atomic mass is 32.2. The molecule has 1 N–H and O–H groups in total. The lowest BCUT2D eigenvalue weighted by Crippen LogP contribution is -2.36. The van der Waals surface area contributed by atoms with Crippen molar-refractivity contribution in [2.24, 2.45) is 0 Å². The van der Waals surface area contributed by atoms with Gasteiger partial charge in [-0.15, -0.1) is 0 Å². The third-order valence-corrected chi connectivity index (χ3v) is 5.43. The third kappa shape index (κ3) is 5.04. The molecule has 0 bridgehead atoms. The van der Waals surface area contributed by atoms with Crippen molar-refractivity contribution in [3.8, 4) is 0 Å². The smallest absolute Gasteiger partial charge is 0.324 e. The average molecular weight is 436 g/mol. The van der Waals surface area contributed by atoms with Crippen molar-refractivity contribution in [2.75, 3.05) is 11.9 Å². The standard InChI is InChI=1S/C20H15F3N2O2S2/c1-12-6-8-13(9-7-12)10-16-18(27)25(19(28)29-16)11-17(26)24-15-5-3-2-4-14(15)20(21,22)23/h2-10H,11H2,1H3,(H,24,26)/b16-10-. The zero-order chi connectivity index (χ0) is 21.2. The van der Waals surface area contributed by atoms with Crippen molar-refractivity contribution in [1.29, 1.82) is 0 Å². The first kappa shape index (κ1) is 21.1. The summed E-state index contributed by atoms with van der Waals surface area (Å²) in [5, 5.41) is 2.21. The minimum atomic E-state index is -4.61. The predicted octanol–water partition coefficient (Wildman–Crippen LogP) is 4.85. The second-order valence-electron chi connectivity index (χ2n) is 6.27. The van der Waals surface area contributed by atoms with Crippen LogP contribution in [0.15, 0.2) is 53.4 Å². The maximum atomic E-state index is 13.1. The molecule has 9 heteroatoms. The maximum Gasteiger partial charge on any atom is 0.418 e. The van der Waals surface area contributed by atoms with Gasteiger partial charge >= 0.3 is 6.18 Å². The van der Waals surface area contributed by atoms with Crippen LogP contribution in [0.2, 0.25) is 0 Å². The lowest BCUT2D eigenvalue weighted by molar-refractivity contribution is -0.137. The van der Waals surface area contributed by atoms with E-state index in [0.717, 1.165) is 39.9 Å². The van der Waals surface area contributed by atoms with Crippen molar-refractivity contribution in [3.05, 3.63) is 70.1 Å². The number of para-hydroxylation sites is 1. The largest absolute Gasteiger partial charge is 0.418 e. The third-order valence-electron chi connectivity index (χ3n) is 4.06. The van der Waals surface area contributed by atoms with E-state index in [1.807, 2.05) is 31.2 Å². The minimum absolute atomic E-state index is 0.174. The summed E-state index contributed by atoms with van der Waals surface area (Å²) in [5.74, 6) is -1.23. The van der Waals surface area contributed by atoms with E-state index in [2.05, 4.69) is 5.32 Å². The monoisotopic (exact) mass is 436 g/mol. The number of hydrogen-bond acceptors (Lipinski definition) is 4. The Bertz CT molecular complexity index is 1000. The number of anilines is 1. The quantitative estimate of drug-likeness (QED) is 0.550. The van der Waals surface area contributed by atoms with E-state index in [9.17, 15) is 22.8 Å². The van der Waals surface area contributed by atoms with Crippen molar-refractivity contribution < 1.29 is 22.8 Å². The Hall–Kier alpha value is -2.65. The zero-order valence-corrected chi connectivity index (χ0v) is 16.8. The summed E-state index contributed by atoms with van der Waals surface area (Å²) in [6, 6.07) is 12.1. The molecule has 1 fully saturated rings. The van der Waals surface area contributed by atoms with Crippen LogP contribution >= 0.6 is 24.0 Å². The number of halogens is 3.